The highest BCUT2D eigenvalue weighted by molar-refractivity contribution is 7.46. The summed E-state index contributed by atoms with van der Waals surface area (Å²) in [6.07, 6.45) is -3.26. The fourth-order valence-corrected chi connectivity index (χ4v) is 4.04. The number of ether oxygens (including phenoxy) is 1. The smallest absolute Gasteiger partial charge is 0.387 e. The van der Waals surface area contributed by atoms with Gasteiger partial charge in [0.25, 0.3) is 5.56 Å². The van der Waals surface area contributed by atoms with Crippen molar-refractivity contribution in [1.29, 1.82) is 0 Å². The van der Waals surface area contributed by atoms with E-state index in [0.29, 0.717) is 5.56 Å². The highest BCUT2D eigenvalue weighted by atomic mass is 31.2. The number of phosphoric ester groups is 1. The Morgan fingerprint density at radius 3 is 2.68 bits per heavy atom. The minimum atomic E-state index is -4.85. The van der Waals surface area contributed by atoms with Gasteiger partial charge in [-0.3, -0.25) is 18.9 Å². The first-order valence-electron chi connectivity index (χ1n) is 9.12. The van der Waals surface area contributed by atoms with E-state index in [9.17, 15) is 19.6 Å². The molecule has 0 amide bonds. The van der Waals surface area contributed by atoms with Gasteiger partial charge >= 0.3 is 7.82 Å². The van der Waals surface area contributed by atoms with Crippen LogP contribution in [0.5, 0.6) is 0 Å². The third-order valence-corrected chi connectivity index (χ3v) is 5.55. The number of imidazole rings is 1. The number of nitrogens with two attached hydrogens (primary N) is 1. The summed E-state index contributed by atoms with van der Waals surface area (Å²) >= 11 is 0. The molecule has 1 aliphatic heterocycles. The highest BCUT2D eigenvalue weighted by Gasteiger charge is 2.56. The third kappa shape index (κ3) is 4.00. The molecular weight excluding hydrogens is 433 g/mol. The first kappa shape index (κ1) is 21.6. The monoisotopic (exact) mass is 453 g/mol. The van der Waals surface area contributed by atoms with Crippen molar-refractivity contribution in [2.75, 3.05) is 12.3 Å². The van der Waals surface area contributed by atoms with E-state index in [1.807, 2.05) is 0 Å². The van der Waals surface area contributed by atoms with Gasteiger partial charge in [-0.2, -0.15) is 4.98 Å². The van der Waals surface area contributed by atoms with Crippen LogP contribution in [0.15, 0.2) is 41.5 Å². The Bertz CT molecular complexity index is 1190. The number of fused-ring (bicyclic) bond motifs is 1. The third-order valence-electron chi connectivity index (χ3n) is 5.06. The largest absolute Gasteiger partial charge is 0.469 e. The summed E-state index contributed by atoms with van der Waals surface area (Å²) in [6, 6.07) is 8.85. The number of rotatable bonds is 6. The Morgan fingerprint density at radius 1 is 1.29 bits per heavy atom. The molecule has 1 aliphatic rings. The van der Waals surface area contributed by atoms with Gasteiger partial charge in [0.05, 0.1) is 12.9 Å². The van der Waals surface area contributed by atoms with Crippen LogP contribution >= 0.6 is 7.82 Å². The quantitative estimate of drug-likeness (QED) is 0.245. The Labute approximate surface area is 174 Å². The zero-order chi connectivity index (χ0) is 22.4. The highest BCUT2D eigenvalue weighted by Crippen LogP contribution is 2.42. The Kier molecular flexibility index (Phi) is 5.43. The van der Waals surface area contributed by atoms with Crippen molar-refractivity contribution in [3.8, 4) is 0 Å². The fraction of sp³-hybridized carbons (Fsp3) is 0.353. The summed E-state index contributed by atoms with van der Waals surface area (Å²) in [7, 11) is -4.85. The first-order valence-corrected chi connectivity index (χ1v) is 10.6. The minimum Gasteiger partial charge on any atom is -0.387 e. The molecule has 1 fully saturated rings. The van der Waals surface area contributed by atoms with Crippen molar-refractivity contribution in [2.24, 2.45) is 0 Å². The summed E-state index contributed by atoms with van der Waals surface area (Å²) in [5.74, 6) is -0.191. The molecule has 1 saturated heterocycles. The summed E-state index contributed by atoms with van der Waals surface area (Å²) in [4.78, 5) is 40.6. The number of H-pyrrole nitrogens is 1. The number of aromatic amines is 1. The average Bonchev–Trinajstić information content (AvgIpc) is 3.22. The second kappa shape index (κ2) is 7.80. The van der Waals surface area contributed by atoms with Crippen LogP contribution in [0.4, 0.5) is 5.95 Å². The first-order chi connectivity index (χ1) is 14.6. The summed E-state index contributed by atoms with van der Waals surface area (Å²) in [5, 5.41) is 21.6. The number of anilines is 1. The van der Waals surface area contributed by atoms with E-state index in [4.69, 9.17) is 20.3 Å². The molecular formula is C17H20N5O8P. The van der Waals surface area contributed by atoms with Crippen molar-refractivity contribution in [3.63, 3.8) is 0 Å². The van der Waals surface area contributed by atoms with E-state index in [1.54, 1.807) is 30.3 Å². The van der Waals surface area contributed by atoms with Gasteiger partial charge < -0.3 is 30.5 Å². The molecule has 0 saturated carbocycles. The van der Waals surface area contributed by atoms with E-state index in [2.05, 4.69) is 19.5 Å². The predicted octanol–water partition coefficient (Wildman–Crippen LogP) is -1.17. The molecule has 0 radical (unpaired) electrons. The summed E-state index contributed by atoms with van der Waals surface area (Å²) in [5.41, 5.74) is 3.96. The average molecular weight is 453 g/mol. The van der Waals surface area contributed by atoms with Crippen molar-refractivity contribution in [3.05, 3.63) is 52.6 Å². The van der Waals surface area contributed by atoms with Crippen LogP contribution in [0, 0.1) is 0 Å². The summed E-state index contributed by atoms with van der Waals surface area (Å²) < 4.78 is 22.8. The molecule has 0 spiro atoms. The van der Waals surface area contributed by atoms with E-state index >= 15 is 0 Å². The molecule has 166 valence electrons. The number of aliphatic hydroxyl groups is 2. The molecule has 4 rings (SSSR count). The molecule has 14 heteroatoms. The molecule has 3 heterocycles. The number of aromatic nitrogens is 4. The van der Waals surface area contributed by atoms with Gasteiger partial charge in [0.2, 0.25) is 5.95 Å². The van der Waals surface area contributed by atoms with Gasteiger partial charge in [-0.25, -0.2) is 9.55 Å². The van der Waals surface area contributed by atoms with Gasteiger partial charge in [0.1, 0.15) is 18.3 Å². The van der Waals surface area contributed by atoms with Crippen LogP contribution < -0.4 is 11.3 Å². The van der Waals surface area contributed by atoms with Crippen LogP contribution in [-0.4, -0.2) is 64.4 Å². The van der Waals surface area contributed by atoms with Gasteiger partial charge in [0, 0.05) is 6.42 Å². The molecule has 31 heavy (non-hydrogen) atoms. The maximum Gasteiger partial charge on any atom is 0.469 e. The minimum absolute atomic E-state index is 0.0000115. The number of nitrogen functional groups attached to an aromatic ring is 1. The maximum absolute atomic E-state index is 12.2. The maximum atomic E-state index is 12.2. The zero-order valence-electron chi connectivity index (χ0n) is 15.9. The van der Waals surface area contributed by atoms with Crippen molar-refractivity contribution < 1.29 is 33.8 Å². The number of hydrogen-bond donors (Lipinski definition) is 6. The SMILES string of the molecule is Nc1nc2c(ncn2[C@]2(Cc3ccccc3)O[C@H](COP(=O)(O)O)[C@@H](O)[C@H]2O)c(=O)[nH]1. The molecule has 7 N–H and O–H groups in total. The zero-order valence-corrected chi connectivity index (χ0v) is 16.8. The number of hydrogen-bond acceptors (Lipinski definition) is 9. The molecule has 0 bridgehead atoms. The van der Waals surface area contributed by atoms with E-state index in [1.165, 1.54) is 10.9 Å². The lowest BCUT2D eigenvalue weighted by Crippen LogP contribution is -2.47. The molecule has 0 aliphatic carbocycles. The molecule has 2 aromatic heterocycles. The number of phosphoric acid groups is 1. The van der Waals surface area contributed by atoms with Crippen molar-refractivity contribution in [2.45, 2.75) is 30.5 Å². The van der Waals surface area contributed by atoms with Gasteiger partial charge in [-0.1, -0.05) is 30.3 Å². The fourth-order valence-electron chi connectivity index (χ4n) is 3.70. The van der Waals surface area contributed by atoms with Crippen molar-refractivity contribution >= 4 is 24.9 Å². The topological polar surface area (TPSA) is 206 Å². The molecule has 0 unspecified atom stereocenters. The van der Waals surface area contributed by atoms with Crippen LogP contribution in [0.25, 0.3) is 11.2 Å². The molecule has 3 aromatic rings. The van der Waals surface area contributed by atoms with E-state index < -0.39 is 44.0 Å². The Morgan fingerprint density at radius 2 is 2.00 bits per heavy atom. The number of benzene rings is 1. The molecule has 1 aromatic carbocycles. The Hall–Kier alpha value is -2.64. The van der Waals surface area contributed by atoms with Crippen LogP contribution in [0.2, 0.25) is 0 Å². The second-order valence-corrected chi connectivity index (χ2v) is 8.36. The standard InChI is InChI=1S/C17H20N5O8P/c18-16-20-14-11(15(25)21-16)19-8-22(14)17(6-9-4-2-1-3-5-9)13(24)12(23)10(30-17)7-29-31(26,27)28/h1-5,8,10,12-13,23-24H,6-7H2,(H2,26,27,28)(H3,18,20,21,25)/t10-,12-,13-,17-/m1/s1. The predicted molar refractivity (Wildman–Crippen MR) is 106 cm³/mol. The van der Waals surface area contributed by atoms with Gasteiger partial charge in [0.15, 0.2) is 16.9 Å². The van der Waals surface area contributed by atoms with E-state index in [-0.39, 0.29) is 23.5 Å². The Balaban J connectivity index is 1.84. The number of nitrogens with zero attached hydrogens (tertiary/aromatic N) is 3. The van der Waals surface area contributed by atoms with E-state index in [0.717, 1.165) is 0 Å². The van der Waals surface area contributed by atoms with Crippen molar-refractivity contribution in [1.82, 2.24) is 19.5 Å². The lowest BCUT2D eigenvalue weighted by atomic mass is 9.95. The lowest BCUT2D eigenvalue weighted by Gasteiger charge is -2.34. The van der Waals surface area contributed by atoms with Gasteiger partial charge in [-0.05, 0) is 5.56 Å². The van der Waals surface area contributed by atoms with Gasteiger partial charge in [-0.15, -0.1) is 0 Å². The number of nitrogens with one attached hydrogen (secondary N) is 1. The second-order valence-electron chi connectivity index (χ2n) is 7.12. The van der Waals surface area contributed by atoms with Crippen LogP contribution in [-0.2, 0) is 26.0 Å². The van der Waals surface area contributed by atoms with Crippen LogP contribution in [0.3, 0.4) is 0 Å². The summed E-state index contributed by atoms with van der Waals surface area (Å²) in [6.45, 7) is -0.693. The lowest BCUT2D eigenvalue weighted by molar-refractivity contribution is -0.144. The number of aliphatic hydroxyl groups excluding tert-OH is 2. The normalized spacial score (nSPS) is 26.5. The molecule has 13 nitrogen and oxygen atoms in total. The van der Waals surface area contributed by atoms with Crippen LogP contribution in [0.1, 0.15) is 5.56 Å². The molecule has 4 atom stereocenters.